The van der Waals surface area contributed by atoms with Gasteiger partial charge in [-0.1, -0.05) is 0 Å². The van der Waals surface area contributed by atoms with E-state index in [2.05, 4.69) is 5.32 Å². The first-order valence-corrected chi connectivity index (χ1v) is 11.8. The molecule has 0 bridgehead atoms. The first kappa shape index (κ1) is 27.3. The molecule has 2 aromatic carbocycles. The van der Waals surface area contributed by atoms with Gasteiger partial charge in [-0.2, -0.15) is 0 Å². The number of amides is 1. The zero-order valence-electron chi connectivity index (χ0n) is 20.2. The average Bonchev–Trinajstić information content (AvgIpc) is 2.88. The third kappa shape index (κ3) is 6.46. The molecule has 3 rings (SSSR count). The van der Waals surface area contributed by atoms with Crippen LogP contribution in [0.5, 0.6) is 5.75 Å². The fourth-order valence-corrected chi connectivity index (χ4v) is 4.03. The van der Waals surface area contributed by atoms with Gasteiger partial charge in [0.05, 0.1) is 28.6 Å². The SMILES string of the molecule is CCOC(=O)c1ccc(N2CCN(C(=S)NC(=O)c3ccc(OCC)c([N+](=O)[O-])c3)CC2)c([N+](=O)[O-])c1. The van der Waals surface area contributed by atoms with Crippen LogP contribution in [0.15, 0.2) is 36.4 Å². The zero-order valence-corrected chi connectivity index (χ0v) is 21.0. The van der Waals surface area contributed by atoms with Crippen molar-refractivity contribution >= 4 is 46.3 Å². The summed E-state index contributed by atoms with van der Waals surface area (Å²) < 4.78 is 10.1. The molecular weight excluding hydrogens is 506 g/mol. The van der Waals surface area contributed by atoms with Crippen molar-refractivity contribution in [2.45, 2.75) is 13.8 Å². The van der Waals surface area contributed by atoms with Gasteiger partial charge in [0.15, 0.2) is 10.9 Å². The molecule has 0 radical (unpaired) electrons. The van der Waals surface area contributed by atoms with E-state index in [0.29, 0.717) is 31.9 Å². The molecule has 13 nitrogen and oxygen atoms in total. The van der Waals surface area contributed by atoms with Crippen molar-refractivity contribution in [3.8, 4) is 5.75 Å². The normalized spacial score (nSPS) is 13.0. The van der Waals surface area contributed by atoms with Crippen LogP contribution in [-0.4, -0.2) is 71.1 Å². The van der Waals surface area contributed by atoms with Crippen LogP contribution in [0.3, 0.4) is 0 Å². The smallest absolute Gasteiger partial charge is 0.338 e. The van der Waals surface area contributed by atoms with Crippen molar-refractivity contribution in [2.24, 2.45) is 0 Å². The van der Waals surface area contributed by atoms with Crippen LogP contribution < -0.4 is 15.0 Å². The lowest BCUT2D eigenvalue weighted by atomic mass is 10.1. The Bertz CT molecular complexity index is 1230. The zero-order chi connectivity index (χ0) is 27.1. The van der Waals surface area contributed by atoms with Crippen LogP contribution in [-0.2, 0) is 4.74 Å². The monoisotopic (exact) mass is 531 g/mol. The van der Waals surface area contributed by atoms with E-state index in [0.717, 1.165) is 6.07 Å². The minimum atomic E-state index is -0.638. The predicted molar refractivity (Wildman–Crippen MR) is 137 cm³/mol. The summed E-state index contributed by atoms with van der Waals surface area (Å²) in [6, 6.07) is 8.08. The highest BCUT2D eigenvalue weighted by Crippen LogP contribution is 2.31. The number of benzene rings is 2. The van der Waals surface area contributed by atoms with Crippen LogP contribution in [0.1, 0.15) is 34.6 Å². The number of carbonyl (C=O) groups is 2. The van der Waals surface area contributed by atoms with Crippen molar-refractivity contribution < 1.29 is 28.9 Å². The van der Waals surface area contributed by atoms with Gasteiger partial charge in [-0.05, 0) is 50.3 Å². The minimum Gasteiger partial charge on any atom is -0.487 e. The first-order valence-electron chi connectivity index (χ1n) is 11.4. The Balaban J connectivity index is 1.65. The van der Waals surface area contributed by atoms with Gasteiger partial charge in [-0.25, -0.2) is 4.79 Å². The standard InChI is InChI=1S/C23H25N5O8S/c1-3-35-20-8-6-15(13-19(20)28(33)34)21(29)24-23(37)26-11-9-25(10-12-26)17-7-5-16(22(30)36-4-2)14-18(17)27(31)32/h5-8,13-14H,3-4,9-12H2,1-2H3,(H,24,29,37). The lowest BCUT2D eigenvalue weighted by Gasteiger charge is -2.37. The number of piperazine rings is 1. The maximum Gasteiger partial charge on any atom is 0.338 e. The molecule has 1 aliphatic rings. The number of nitrogens with one attached hydrogen (secondary N) is 1. The van der Waals surface area contributed by atoms with Gasteiger partial charge in [0.1, 0.15) is 5.69 Å². The molecule has 37 heavy (non-hydrogen) atoms. The van der Waals surface area contributed by atoms with Gasteiger partial charge < -0.3 is 19.3 Å². The van der Waals surface area contributed by atoms with Crippen molar-refractivity contribution in [2.75, 3.05) is 44.3 Å². The number of nitro groups is 2. The lowest BCUT2D eigenvalue weighted by molar-refractivity contribution is -0.385. The number of ether oxygens (including phenoxy) is 2. The topological polar surface area (TPSA) is 157 Å². The quantitative estimate of drug-likeness (QED) is 0.231. The molecule has 0 aromatic heterocycles. The molecule has 0 atom stereocenters. The molecule has 1 saturated heterocycles. The number of anilines is 1. The number of nitro benzene ring substituents is 2. The van der Waals surface area contributed by atoms with Crippen molar-refractivity contribution in [1.29, 1.82) is 0 Å². The molecule has 1 fully saturated rings. The Kier molecular flexibility index (Phi) is 8.90. The second-order valence-corrected chi connectivity index (χ2v) is 8.17. The van der Waals surface area contributed by atoms with E-state index in [1.165, 1.54) is 30.3 Å². The molecule has 0 saturated carbocycles. The molecule has 1 aliphatic heterocycles. The number of hydrogen-bond acceptors (Lipinski definition) is 10. The number of esters is 1. The van der Waals surface area contributed by atoms with Crippen LogP contribution in [0.4, 0.5) is 17.1 Å². The maximum atomic E-state index is 12.7. The largest absolute Gasteiger partial charge is 0.487 e. The molecule has 196 valence electrons. The van der Waals surface area contributed by atoms with E-state index in [1.807, 2.05) is 0 Å². The summed E-state index contributed by atoms with van der Waals surface area (Å²) in [7, 11) is 0. The number of thiocarbonyl (C=S) groups is 1. The number of carbonyl (C=O) groups excluding carboxylic acids is 2. The Morgan fingerprint density at radius 2 is 1.57 bits per heavy atom. The Hall–Kier alpha value is -4.33. The summed E-state index contributed by atoms with van der Waals surface area (Å²) in [5, 5.41) is 25.7. The second-order valence-electron chi connectivity index (χ2n) is 7.79. The van der Waals surface area contributed by atoms with E-state index < -0.39 is 21.7 Å². The lowest BCUT2D eigenvalue weighted by Crippen LogP contribution is -2.52. The van der Waals surface area contributed by atoms with Crippen LogP contribution in [0.25, 0.3) is 0 Å². The van der Waals surface area contributed by atoms with Gasteiger partial charge in [0.2, 0.25) is 0 Å². The van der Waals surface area contributed by atoms with E-state index >= 15 is 0 Å². The Morgan fingerprint density at radius 1 is 0.946 bits per heavy atom. The van der Waals surface area contributed by atoms with Crippen molar-refractivity contribution in [3.63, 3.8) is 0 Å². The maximum absolute atomic E-state index is 12.7. The molecule has 1 heterocycles. The highest BCUT2D eigenvalue weighted by molar-refractivity contribution is 7.80. The molecule has 0 unspecified atom stereocenters. The number of rotatable bonds is 8. The Labute approximate surface area is 217 Å². The molecule has 1 amide bonds. The summed E-state index contributed by atoms with van der Waals surface area (Å²) >= 11 is 5.35. The van der Waals surface area contributed by atoms with E-state index in [-0.39, 0.29) is 46.6 Å². The van der Waals surface area contributed by atoms with Gasteiger partial charge in [-0.3, -0.25) is 30.3 Å². The third-order valence-corrected chi connectivity index (χ3v) is 5.89. The van der Waals surface area contributed by atoms with Gasteiger partial charge in [-0.15, -0.1) is 0 Å². The van der Waals surface area contributed by atoms with E-state index in [9.17, 15) is 29.8 Å². The number of hydrogen-bond donors (Lipinski definition) is 1. The molecule has 14 heteroatoms. The molecule has 1 N–H and O–H groups in total. The summed E-state index contributed by atoms with van der Waals surface area (Å²) in [4.78, 5) is 49.9. The summed E-state index contributed by atoms with van der Waals surface area (Å²) in [5.41, 5.74) is -0.0475. The molecular formula is C23H25N5O8S. The highest BCUT2D eigenvalue weighted by Gasteiger charge is 2.27. The number of nitrogens with zero attached hydrogens (tertiary/aromatic N) is 4. The van der Waals surface area contributed by atoms with Gasteiger partial charge in [0.25, 0.3) is 11.6 Å². The van der Waals surface area contributed by atoms with E-state index in [4.69, 9.17) is 21.7 Å². The minimum absolute atomic E-state index is 0.0495. The van der Waals surface area contributed by atoms with Crippen LogP contribution in [0.2, 0.25) is 0 Å². The molecule has 2 aromatic rings. The highest BCUT2D eigenvalue weighted by atomic mass is 32.1. The fourth-order valence-electron chi connectivity index (χ4n) is 3.76. The van der Waals surface area contributed by atoms with Crippen molar-refractivity contribution in [1.82, 2.24) is 10.2 Å². The molecule has 0 spiro atoms. The van der Waals surface area contributed by atoms with Crippen molar-refractivity contribution in [3.05, 3.63) is 67.8 Å². The molecule has 0 aliphatic carbocycles. The second kappa shape index (κ2) is 12.1. The first-order chi connectivity index (χ1) is 17.7. The Morgan fingerprint density at radius 3 is 2.16 bits per heavy atom. The van der Waals surface area contributed by atoms with Crippen LogP contribution in [0, 0.1) is 20.2 Å². The summed E-state index contributed by atoms with van der Waals surface area (Å²) in [6.07, 6.45) is 0. The summed E-state index contributed by atoms with van der Waals surface area (Å²) in [5.74, 6) is -1.18. The summed E-state index contributed by atoms with van der Waals surface area (Å²) in [6.45, 7) is 5.19. The van der Waals surface area contributed by atoms with E-state index in [1.54, 1.807) is 23.6 Å². The van der Waals surface area contributed by atoms with Crippen LogP contribution >= 0.6 is 12.2 Å². The van der Waals surface area contributed by atoms with Gasteiger partial charge >= 0.3 is 11.7 Å². The fraction of sp³-hybridized carbons (Fsp3) is 0.348. The van der Waals surface area contributed by atoms with Gasteiger partial charge in [0, 0.05) is 43.9 Å². The average molecular weight is 532 g/mol. The third-order valence-electron chi connectivity index (χ3n) is 5.53. The predicted octanol–water partition coefficient (Wildman–Crippen LogP) is 2.92.